The summed E-state index contributed by atoms with van der Waals surface area (Å²) in [6.45, 7) is 6.27. The Hall–Kier alpha value is -3.53. The molecule has 0 aromatic heterocycles. The molecule has 0 aliphatic carbocycles. The minimum Gasteiger partial charge on any atom is -0.497 e. The van der Waals surface area contributed by atoms with Crippen LogP contribution in [0, 0.1) is 5.92 Å². The molecule has 33 heavy (non-hydrogen) atoms. The number of hydrogen-bond donors (Lipinski definition) is 0. The molecule has 0 N–H and O–H groups in total. The van der Waals surface area contributed by atoms with Crippen LogP contribution in [0.4, 0.5) is 0 Å². The molecule has 3 aromatic rings. The van der Waals surface area contributed by atoms with Crippen molar-refractivity contribution in [2.75, 3.05) is 14.2 Å². The normalized spacial score (nSPS) is 12.1. The third-order valence-electron chi connectivity index (χ3n) is 5.42. The minimum absolute atomic E-state index is 0.265. The Kier molecular flexibility index (Phi) is 8.31. The Bertz CT molecular complexity index is 1060. The zero-order valence-electron chi connectivity index (χ0n) is 20.0. The van der Waals surface area contributed by atoms with Crippen LogP contribution in [0.15, 0.2) is 66.7 Å². The Labute approximate surface area is 196 Å². The molecule has 0 radical (unpaired) electrons. The third kappa shape index (κ3) is 6.98. The lowest BCUT2D eigenvalue weighted by Gasteiger charge is -2.13. The van der Waals surface area contributed by atoms with Gasteiger partial charge in [-0.15, -0.1) is 0 Å². The molecule has 0 bridgehead atoms. The summed E-state index contributed by atoms with van der Waals surface area (Å²) < 4.78 is 16.2. The molecule has 172 valence electrons. The molecule has 0 fully saturated rings. The van der Waals surface area contributed by atoms with Crippen LogP contribution >= 0.6 is 0 Å². The molecule has 0 amide bonds. The number of ether oxygens (including phenoxy) is 3. The van der Waals surface area contributed by atoms with Crippen LogP contribution in [0.3, 0.4) is 0 Å². The van der Waals surface area contributed by atoms with Gasteiger partial charge in [-0.2, -0.15) is 0 Å². The van der Waals surface area contributed by atoms with E-state index in [4.69, 9.17) is 14.2 Å². The van der Waals surface area contributed by atoms with E-state index < -0.39 is 0 Å². The number of rotatable bonds is 9. The van der Waals surface area contributed by atoms with Crippen molar-refractivity contribution < 1.29 is 19.0 Å². The average molecular weight is 445 g/mol. The van der Waals surface area contributed by atoms with Crippen molar-refractivity contribution in [2.24, 2.45) is 5.92 Å². The van der Waals surface area contributed by atoms with Gasteiger partial charge in [0.15, 0.2) is 0 Å². The summed E-state index contributed by atoms with van der Waals surface area (Å²) in [4.78, 5) is 12.6. The highest BCUT2D eigenvalue weighted by Gasteiger charge is 2.17. The zero-order chi connectivity index (χ0) is 23.8. The van der Waals surface area contributed by atoms with Gasteiger partial charge in [0, 0.05) is 6.07 Å². The maximum atomic E-state index is 12.6. The second-order valence-electron chi connectivity index (χ2n) is 8.53. The number of benzene rings is 3. The van der Waals surface area contributed by atoms with E-state index in [1.165, 1.54) is 5.56 Å². The number of methoxy groups -OCH3 is 2. The Morgan fingerprint density at radius 2 is 1.33 bits per heavy atom. The van der Waals surface area contributed by atoms with Crippen LogP contribution in [0.25, 0.3) is 12.2 Å². The highest BCUT2D eigenvalue weighted by Crippen LogP contribution is 2.25. The van der Waals surface area contributed by atoms with Gasteiger partial charge in [0.1, 0.15) is 17.2 Å². The predicted octanol–water partition coefficient (Wildman–Crippen LogP) is 6.78. The molecular weight excluding hydrogens is 412 g/mol. The molecule has 0 heterocycles. The SMILES string of the molecule is COc1cc(C=Cc2ccc(OC(=O)[C@H](C)c3ccc(CC(C)C)cc3)cc2)cc(OC)c1. The summed E-state index contributed by atoms with van der Waals surface area (Å²) in [5, 5.41) is 0. The first-order valence-corrected chi connectivity index (χ1v) is 11.2. The van der Waals surface area contributed by atoms with Crippen LogP contribution < -0.4 is 14.2 Å². The molecule has 0 aliphatic rings. The molecule has 0 aliphatic heterocycles. The predicted molar refractivity (Wildman–Crippen MR) is 134 cm³/mol. The molecule has 0 saturated heterocycles. The number of carbonyl (C=O) groups is 1. The quantitative estimate of drug-likeness (QED) is 0.207. The number of carbonyl (C=O) groups excluding carboxylic acids is 1. The maximum Gasteiger partial charge on any atom is 0.318 e. The van der Waals surface area contributed by atoms with E-state index in [0.29, 0.717) is 11.7 Å². The van der Waals surface area contributed by atoms with E-state index in [9.17, 15) is 4.79 Å². The fraction of sp³-hybridized carbons (Fsp3) is 0.276. The molecule has 1 atom stereocenters. The van der Waals surface area contributed by atoms with Gasteiger partial charge in [-0.1, -0.05) is 62.4 Å². The molecular formula is C29H32O4. The average Bonchev–Trinajstić information content (AvgIpc) is 2.83. The topological polar surface area (TPSA) is 44.8 Å². The van der Waals surface area contributed by atoms with Gasteiger partial charge in [-0.05, 0) is 65.8 Å². The summed E-state index contributed by atoms with van der Waals surface area (Å²) in [5.41, 5.74) is 4.20. The first-order chi connectivity index (χ1) is 15.9. The van der Waals surface area contributed by atoms with E-state index in [-0.39, 0.29) is 11.9 Å². The van der Waals surface area contributed by atoms with Crippen molar-refractivity contribution in [2.45, 2.75) is 33.1 Å². The molecule has 4 nitrogen and oxygen atoms in total. The summed E-state index contributed by atoms with van der Waals surface area (Å²) in [5.74, 6) is 2.01. The van der Waals surface area contributed by atoms with Gasteiger partial charge in [0.05, 0.1) is 20.1 Å². The van der Waals surface area contributed by atoms with Gasteiger partial charge in [0.2, 0.25) is 0 Å². The van der Waals surface area contributed by atoms with E-state index in [0.717, 1.165) is 34.6 Å². The van der Waals surface area contributed by atoms with Crippen molar-refractivity contribution in [3.63, 3.8) is 0 Å². The van der Waals surface area contributed by atoms with E-state index in [2.05, 4.69) is 26.0 Å². The van der Waals surface area contributed by atoms with Gasteiger partial charge in [-0.25, -0.2) is 0 Å². The molecule has 3 aromatic carbocycles. The van der Waals surface area contributed by atoms with Crippen LogP contribution in [0.2, 0.25) is 0 Å². The first-order valence-electron chi connectivity index (χ1n) is 11.2. The number of hydrogen-bond acceptors (Lipinski definition) is 4. The standard InChI is InChI=1S/C29H32O4/c1-20(2)16-23-8-12-25(13-9-23)21(3)29(30)33-26-14-10-22(11-15-26)6-7-24-17-27(31-4)19-28(18-24)32-5/h6-15,17-21H,16H2,1-5H3/t21-/m1/s1. The molecule has 0 saturated carbocycles. The van der Waals surface area contributed by atoms with Crippen molar-refractivity contribution in [3.8, 4) is 17.2 Å². The zero-order valence-corrected chi connectivity index (χ0v) is 20.0. The highest BCUT2D eigenvalue weighted by atomic mass is 16.5. The lowest BCUT2D eigenvalue weighted by atomic mass is 9.97. The fourth-order valence-corrected chi connectivity index (χ4v) is 3.52. The van der Waals surface area contributed by atoms with Crippen molar-refractivity contribution in [1.82, 2.24) is 0 Å². The van der Waals surface area contributed by atoms with Crippen molar-refractivity contribution >= 4 is 18.1 Å². The van der Waals surface area contributed by atoms with Gasteiger partial charge in [-0.3, -0.25) is 4.79 Å². The van der Waals surface area contributed by atoms with E-state index >= 15 is 0 Å². The molecule has 0 spiro atoms. The van der Waals surface area contributed by atoms with Crippen molar-refractivity contribution in [1.29, 1.82) is 0 Å². The third-order valence-corrected chi connectivity index (χ3v) is 5.42. The second kappa shape index (κ2) is 11.4. The molecule has 4 heteroatoms. The summed E-state index contributed by atoms with van der Waals surface area (Å²) >= 11 is 0. The van der Waals surface area contributed by atoms with Crippen LogP contribution in [-0.4, -0.2) is 20.2 Å². The Morgan fingerprint density at radius 3 is 1.88 bits per heavy atom. The van der Waals surface area contributed by atoms with Crippen LogP contribution in [-0.2, 0) is 11.2 Å². The van der Waals surface area contributed by atoms with Crippen LogP contribution in [0.1, 0.15) is 48.9 Å². The van der Waals surface area contributed by atoms with E-state index in [1.807, 2.05) is 73.7 Å². The fourth-order valence-electron chi connectivity index (χ4n) is 3.52. The van der Waals surface area contributed by atoms with Gasteiger partial charge >= 0.3 is 5.97 Å². The minimum atomic E-state index is -0.333. The Balaban J connectivity index is 1.62. The lowest BCUT2D eigenvalue weighted by Crippen LogP contribution is -2.16. The lowest BCUT2D eigenvalue weighted by molar-refractivity contribution is -0.135. The number of esters is 1. The smallest absolute Gasteiger partial charge is 0.318 e. The monoisotopic (exact) mass is 444 g/mol. The van der Waals surface area contributed by atoms with Gasteiger partial charge in [0.25, 0.3) is 0 Å². The maximum absolute atomic E-state index is 12.6. The summed E-state index contributed by atoms with van der Waals surface area (Å²) in [7, 11) is 3.26. The van der Waals surface area contributed by atoms with Gasteiger partial charge < -0.3 is 14.2 Å². The molecule has 0 unspecified atom stereocenters. The highest BCUT2D eigenvalue weighted by molar-refractivity contribution is 5.80. The van der Waals surface area contributed by atoms with Crippen LogP contribution in [0.5, 0.6) is 17.2 Å². The second-order valence-corrected chi connectivity index (χ2v) is 8.53. The van der Waals surface area contributed by atoms with Crippen molar-refractivity contribution in [3.05, 3.63) is 89.0 Å². The largest absolute Gasteiger partial charge is 0.497 e. The summed E-state index contributed by atoms with van der Waals surface area (Å²) in [6.07, 6.45) is 5.00. The summed E-state index contributed by atoms with van der Waals surface area (Å²) in [6, 6.07) is 21.4. The Morgan fingerprint density at radius 1 is 0.758 bits per heavy atom. The molecule has 3 rings (SSSR count). The van der Waals surface area contributed by atoms with E-state index in [1.54, 1.807) is 14.2 Å². The first kappa shape index (κ1) is 24.1.